The van der Waals surface area contributed by atoms with Crippen LogP contribution in [0.25, 0.3) is 0 Å². The van der Waals surface area contributed by atoms with Crippen molar-refractivity contribution in [3.05, 3.63) is 11.6 Å². The Morgan fingerprint density at radius 2 is 1.23 bits per heavy atom. The summed E-state index contributed by atoms with van der Waals surface area (Å²) in [5.41, 5.74) is -2.92. The Bertz CT molecular complexity index is 2190. The summed E-state index contributed by atoms with van der Waals surface area (Å²) in [6.07, 6.45) is -27.4. The standard InChI is InChI=1S/C53H84O24/c1-21-30(57)33(60)38(65)44(71-21)76-40-34(61)32(59)25(18-54)72-45(40)77-41-36(63)35(62)39(42(66)67)75-46(41)73-28-11-12-50(4)26(51(28,5)20-55)10-13-53(7)27(50)9-8-22-23-16-48(2,47(68)69)17-29(49(23,3)14-15-52(22,53)6)74-43-37(64)31(58)24(56)19-70-43/h8,21,23-41,43-46,54-65H,9-20H2,1-7H3,(H,66,67)(H,68,69)/t21-,23-,24-,25+,26?,27+,28-,29+,30-,31-,32-,33+,34-,35-,36-,37+,38+,39-,40+,41+,43-,44-,45-,46+,48-,49+,50-,51+,52+,53+/m0/s1. The predicted molar refractivity (Wildman–Crippen MR) is 259 cm³/mol. The molecule has 1 unspecified atom stereocenters. The van der Waals surface area contributed by atoms with E-state index in [-0.39, 0.29) is 42.6 Å². The van der Waals surface area contributed by atoms with Crippen molar-refractivity contribution in [3.63, 3.8) is 0 Å². The van der Waals surface area contributed by atoms with Gasteiger partial charge in [-0.15, -0.1) is 0 Å². The van der Waals surface area contributed by atoms with E-state index in [2.05, 4.69) is 33.8 Å². The number of aliphatic hydroxyl groups is 12. The Morgan fingerprint density at radius 1 is 0.610 bits per heavy atom. The van der Waals surface area contributed by atoms with Crippen LogP contribution in [0.2, 0.25) is 0 Å². The number of hydrogen-bond donors (Lipinski definition) is 14. The van der Waals surface area contributed by atoms with Crippen molar-refractivity contribution >= 4 is 11.9 Å². The van der Waals surface area contributed by atoms with E-state index in [1.54, 1.807) is 6.92 Å². The van der Waals surface area contributed by atoms with Gasteiger partial charge >= 0.3 is 11.9 Å². The van der Waals surface area contributed by atoms with Gasteiger partial charge in [0.15, 0.2) is 31.3 Å². The lowest BCUT2D eigenvalue weighted by Crippen LogP contribution is -2.68. The number of allylic oxidation sites excluding steroid dienone is 2. The quantitative estimate of drug-likeness (QED) is 0.0760. The molecule has 30 atom stereocenters. The first kappa shape index (κ1) is 59.5. The first-order valence-electron chi connectivity index (χ1n) is 27.3. The molecule has 5 aliphatic carbocycles. The van der Waals surface area contributed by atoms with E-state index in [1.807, 2.05) is 6.92 Å². The van der Waals surface area contributed by atoms with Gasteiger partial charge in [0.25, 0.3) is 0 Å². The van der Waals surface area contributed by atoms with Gasteiger partial charge in [-0.2, -0.15) is 0 Å². The lowest BCUT2D eigenvalue weighted by atomic mass is 9.33. The molecule has 4 aliphatic heterocycles. The van der Waals surface area contributed by atoms with Crippen LogP contribution in [0.1, 0.15) is 106 Å². The average molecular weight is 1110 g/mol. The number of fused-ring (bicyclic) bond motifs is 7. The molecule has 9 aliphatic rings. The third kappa shape index (κ3) is 9.46. The van der Waals surface area contributed by atoms with Gasteiger partial charge in [-0.05, 0) is 106 Å². The fraction of sp³-hybridized carbons (Fsp3) is 0.925. The maximum Gasteiger partial charge on any atom is 0.335 e. The van der Waals surface area contributed by atoms with Gasteiger partial charge in [-0.1, -0.05) is 46.3 Å². The molecule has 440 valence electrons. The van der Waals surface area contributed by atoms with Crippen LogP contribution in [-0.2, 0) is 47.5 Å². The molecule has 24 nitrogen and oxygen atoms in total. The molecule has 4 saturated heterocycles. The fourth-order valence-corrected chi connectivity index (χ4v) is 16.3. The number of aliphatic carboxylic acids is 2. The van der Waals surface area contributed by atoms with Crippen molar-refractivity contribution < 1.29 is 119 Å². The number of hydrogen-bond acceptors (Lipinski definition) is 22. The molecule has 0 radical (unpaired) electrons. The first-order valence-corrected chi connectivity index (χ1v) is 27.3. The van der Waals surface area contributed by atoms with Crippen LogP contribution in [0.3, 0.4) is 0 Å². The van der Waals surface area contributed by atoms with Crippen LogP contribution in [-0.4, -0.2) is 232 Å². The summed E-state index contributed by atoms with van der Waals surface area (Å²) in [7, 11) is 0. The van der Waals surface area contributed by atoms with E-state index in [4.69, 9.17) is 37.9 Å². The molecule has 0 aromatic rings. The normalized spacial score (nSPS) is 55.9. The predicted octanol–water partition coefficient (Wildman–Crippen LogP) is -1.77. The van der Waals surface area contributed by atoms with Gasteiger partial charge in [0.2, 0.25) is 0 Å². The fourth-order valence-electron chi connectivity index (χ4n) is 16.3. The highest BCUT2D eigenvalue weighted by Crippen LogP contribution is 2.76. The van der Waals surface area contributed by atoms with Crippen LogP contribution in [0.4, 0.5) is 0 Å². The molecule has 0 bridgehead atoms. The number of ether oxygens (including phenoxy) is 8. The maximum atomic E-state index is 13.2. The monoisotopic (exact) mass is 1100 g/mol. The zero-order valence-corrected chi connectivity index (χ0v) is 44.8. The van der Waals surface area contributed by atoms with E-state index in [0.717, 1.165) is 6.42 Å². The Balaban J connectivity index is 0.990. The minimum Gasteiger partial charge on any atom is -0.481 e. The Labute approximate surface area is 446 Å². The summed E-state index contributed by atoms with van der Waals surface area (Å²) < 4.78 is 48.5. The largest absolute Gasteiger partial charge is 0.481 e. The van der Waals surface area contributed by atoms with E-state index >= 15 is 0 Å². The molecule has 0 amide bonds. The van der Waals surface area contributed by atoms with Gasteiger partial charge in [-0.25, -0.2) is 4.79 Å². The van der Waals surface area contributed by atoms with Crippen LogP contribution in [0.15, 0.2) is 11.6 Å². The van der Waals surface area contributed by atoms with Gasteiger partial charge in [0.05, 0.1) is 43.5 Å². The van der Waals surface area contributed by atoms with Crippen molar-refractivity contribution in [2.24, 2.45) is 50.2 Å². The van der Waals surface area contributed by atoms with Crippen LogP contribution < -0.4 is 0 Å². The third-order valence-corrected chi connectivity index (χ3v) is 21.5. The maximum absolute atomic E-state index is 13.2. The molecule has 0 aromatic heterocycles. The van der Waals surface area contributed by atoms with Crippen molar-refractivity contribution in [1.29, 1.82) is 0 Å². The molecule has 9 rings (SSSR count). The van der Waals surface area contributed by atoms with Gasteiger partial charge in [0.1, 0.15) is 79.4 Å². The summed E-state index contributed by atoms with van der Waals surface area (Å²) >= 11 is 0. The SMILES string of the molecule is C[C@@H]1O[C@@H](O[C@H]2[C@H](O[C@H]3[C@H](O[C@H]4CC[C@@]5(C)C(CC[C@]6(C)[C@@H]5CC=C5[C@@H]7C[C@](C)(C(=O)O)C[C@@H](O[C@@H]8OC[C@H](O)[C@H](O)[C@H]8O)[C@]7(C)CC[C@]56C)[C@@]4(C)CO)O[C@H](C(=O)O)[C@@H](O)[C@@H]3O)O[C@H](CO)[C@H](O)[C@@H]2O)[C@H](O)[C@H](O)[C@H]1O. The minimum absolute atomic E-state index is 0.0370. The molecule has 0 spiro atoms. The topological polar surface area (TPSA) is 391 Å². The van der Waals surface area contributed by atoms with E-state index < -0.39 is 181 Å². The van der Waals surface area contributed by atoms with Gasteiger partial charge in [0, 0.05) is 10.8 Å². The molecule has 14 N–H and O–H groups in total. The van der Waals surface area contributed by atoms with Crippen LogP contribution in [0, 0.1) is 50.2 Å². The minimum atomic E-state index is -2.13. The molecular weight excluding hydrogens is 1020 g/mol. The number of aliphatic hydroxyl groups excluding tert-OH is 12. The van der Waals surface area contributed by atoms with Crippen molar-refractivity contribution in [2.45, 2.75) is 235 Å². The molecular formula is C53H84O24. The number of carbonyl (C=O) groups is 2. The zero-order valence-electron chi connectivity index (χ0n) is 44.8. The summed E-state index contributed by atoms with van der Waals surface area (Å²) in [6, 6.07) is 0. The molecule has 8 fully saturated rings. The van der Waals surface area contributed by atoms with Crippen LogP contribution >= 0.6 is 0 Å². The van der Waals surface area contributed by atoms with Crippen molar-refractivity contribution in [1.82, 2.24) is 0 Å². The lowest BCUT2D eigenvalue weighted by molar-refractivity contribution is -0.396. The van der Waals surface area contributed by atoms with Crippen LogP contribution in [0.5, 0.6) is 0 Å². The smallest absolute Gasteiger partial charge is 0.335 e. The van der Waals surface area contributed by atoms with E-state index in [0.29, 0.717) is 38.5 Å². The summed E-state index contributed by atoms with van der Waals surface area (Å²) in [6.45, 7) is 12.4. The van der Waals surface area contributed by atoms with Crippen molar-refractivity contribution in [3.8, 4) is 0 Å². The summed E-state index contributed by atoms with van der Waals surface area (Å²) in [5, 5.41) is 151. The van der Waals surface area contributed by atoms with E-state index in [1.165, 1.54) is 12.5 Å². The van der Waals surface area contributed by atoms with Gasteiger partial charge < -0.3 is 109 Å². The second-order valence-electron chi connectivity index (χ2n) is 25.7. The highest BCUT2D eigenvalue weighted by atomic mass is 16.8. The second kappa shape index (κ2) is 21.3. The Kier molecular flexibility index (Phi) is 16.4. The molecule has 0 aromatic carbocycles. The molecule has 24 heteroatoms. The lowest BCUT2D eigenvalue weighted by Gasteiger charge is -2.72. The summed E-state index contributed by atoms with van der Waals surface area (Å²) in [4.78, 5) is 25.8. The molecule has 4 heterocycles. The Morgan fingerprint density at radius 3 is 1.87 bits per heavy atom. The van der Waals surface area contributed by atoms with Crippen molar-refractivity contribution in [2.75, 3.05) is 19.8 Å². The average Bonchev–Trinajstić information content (AvgIpc) is 3.38. The Hall–Kier alpha value is -2.12. The van der Waals surface area contributed by atoms with E-state index in [9.17, 15) is 81.1 Å². The number of carboxylic acid groups (broad SMARTS) is 2. The first-order chi connectivity index (χ1) is 36.0. The third-order valence-electron chi connectivity index (χ3n) is 21.5. The second-order valence-corrected chi connectivity index (χ2v) is 25.7. The van der Waals surface area contributed by atoms with Gasteiger partial charge in [-0.3, -0.25) is 4.79 Å². The summed E-state index contributed by atoms with van der Waals surface area (Å²) in [5.74, 6) is -3.06. The number of carboxylic acids is 2. The highest BCUT2D eigenvalue weighted by molar-refractivity contribution is 5.75. The zero-order chi connectivity index (χ0) is 56.4. The molecule has 4 saturated carbocycles. The number of rotatable bonds is 12. The molecule has 77 heavy (non-hydrogen) atoms. The highest BCUT2D eigenvalue weighted by Gasteiger charge is 2.71.